The van der Waals surface area contributed by atoms with Crippen molar-refractivity contribution in [3.8, 4) is 6.01 Å². The topological polar surface area (TPSA) is 59.9 Å². The second kappa shape index (κ2) is 4.53. The van der Waals surface area contributed by atoms with Gasteiger partial charge in [-0.15, -0.1) is 5.10 Å². The van der Waals surface area contributed by atoms with Gasteiger partial charge in [0.15, 0.2) is 0 Å². The number of ether oxygens (including phenoxy) is 1. The summed E-state index contributed by atoms with van der Waals surface area (Å²) < 4.78 is 5.67. The number of piperidine rings is 1. The van der Waals surface area contributed by atoms with Gasteiger partial charge >= 0.3 is 6.01 Å². The van der Waals surface area contributed by atoms with Gasteiger partial charge in [0.2, 0.25) is 0 Å². The van der Waals surface area contributed by atoms with Gasteiger partial charge in [-0.25, -0.2) is 0 Å². The Bertz CT molecular complexity index is 336. The quantitative estimate of drug-likeness (QED) is 0.772. The number of hydrogen-bond acceptors (Lipinski definition) is 5. The fourth-order valence-corrected chi connectivity index (χ4v) is 1.55. The van der Waals surface area contributed by atoms with E-state index in [0.29, 0.717) is 6.01 Å². The lowest BCUT2D eigenvalue weighted by Gasteiger charge is -2.22. The van der Waals surface area contributed by atoms with Crippen LogP contribution in [0.4, 0.5) is 0 Å². The third-order valence-electron chi connectivity index (χ3n) is 2.63. The van der Waals surface area contributed by atoms with Crippen LogP contribution in [-0.4, -0.2) is 34.4 Å². The molecule has 1 aliphatic rings. The van der Waals surface area contributed by atoms with Crippen LogP contribution < -0.4 is 10.1 Å². The molecule has 15 heavy (non-hydrogen) atoms. The van der Waals surface area contributed by atoms with Crippen molar-refractivity contribution < 1.29 is 4.74 Å². The zero-order chi connectivity index (χ0) is 10.7. The molecule has 1 aromatic rings. The number of rotatable bonds is 2. The third-order valence-corrected chi connectivity index (χ3v) is 2.63. The summed E-state index contributed by atoms with van der Waals surface area (Å²) in [5, 5.41) is 11.2. The van der Waals surface area contributed by atoms with Gasteiger partial charge in [0.1, 0.15) is 6.10 Å². The van der Waals surface area contributed by atoms with Crippen LogP contribution in [0.15, 0.2) is 0 Å². The highest BCUT2D eigenvalue weighted by Gasteiger charge is 2.16. The molecule has 0 aromatic carbocycles. The molecule has 1 aromatic heterocycles. The van der Waals surface area contributed by atoms with E-state index in [-0.39, 0.29) is 6.10 Å². The van der Waals surface area contributed by atoms with Crippen LogP contribution in [0.2, 0.25) is 0 Å². The van der Waals surface area contributed by atoms with E-state index in [0.717, 1.165) is 37.3 Å². The highest BCUT2D eigenvalue weighted by molar-refractivity contribution is 5.07. The molecule has 2 heterocycles. The predicted molar refractivity (Wildman–Crippen MR) is 55.8 cm³/mol. The molecule has 1 N–H and O–H groups in total. The first-order chi connectivity index (χ1) is 7.25. The Morgan fingerprint density at radius 1 is 1.13 bits per heavy atom. The molecule has 0 bridgehead atoms. The van der Waals surface area contributed by atoms with E-state index in [9.17, 15) is 0 Å². The summed E-state index contributed by atoms with van der Waals surface area (Å²) in [4.78, 5) is 4.25. The molecular weight excluding hydrogens is 192 g/mol. The molecule has 1 fully saturated rings. The Hall–Kier alpha value is -1.23. The molecule has 0 aliphatic carbocycles. The van der Waals surface area contributed by atoms with Crippen LogP contribution in [0, 0.1) is 13.8 Å². The van der Waals surface area contributed by atoms with Crippen molar-refractivity contribution in [1.82, 2.24) is 20.5 Å². The van der Waals surface area contributed by atoms with Crippen LogP contribution in [0.5, 0.6) is 6.01 Å². The summed E-state index contributed by atoms with van der Waals surface area (Å²) in [5.74, 6) is 0. The number of nitrogens with zero attached hydrogens (tertiary/aromatic N) is 3. The van der Waals surface area contributed by atoms with Crippen LogP contribution in [0.25, 0.3) is 0 Å². The minimum absolute atomic E-state index is 0.232. The van der Waals surface area contributed by atoms with E-state index < -0.39 is 0 Å². The largest absolute Gasteiger partial charge is 0.459 e. The highest BCUT2D eigenvalue weighted by Crippen LogP contribution is 2.11. The molecule has 0 unspecified atom stereocenters. The first-order valence-electron chi connectivity index (χ1n) is 5.31. The summed E-state index contributed by atoms with van der Waals surface area (Å²) in [7, 11) is 0. The van der Waals surface area contributed by atoms with E-state index in [1.807, 2.05) is 13.8 Å². The number of aryl methyl sites for hydroxylation is 2. The van der Waals surface area contributed by atoms with Crippen molar-refractivity contribution in [3.63, 3.8) is 0 Å². The number of nitrogens with one attached hydrogen (secondary N) is 1. The fraction of sp³-hybridized carbons (Fsp3) is 0.700. The molecule has 0 spiro atoms. The zero-order valence-electron chi connectivity index (χ0n) is 9.16. The second-order valence-electron chi connectivity index (χ2n) is 3.83. The number of aromatic nitrogens is 3. The SMILES string of the molecule is Cc1nnc(OC2CCNCC2)nc1C. The Labute approximate surface area is 89.3 Å². The van der Waals surface area contributed by atoms with Crippen LogP contribution >= 0.6 is 0 Å². The Morgan fingerprint density at radius 2 is 1.87 bits per heavy atom. The Kier molecular flexibility index (Phi) is 3.11. The fourth-order valence-electron chi connectivity index (χ4n) is 1.55. The zero-order valence-corrected chi connectivity index (χ0v) is 9.16. The smallest absolute Gasteiger partial charge is 0.336 e. The molecule has 82 valence electrons. The molecule has 5 nitrogen and oxygen atoms in total. The lowest BCUT2D eigenvalue weighted by molar-refractivity contribution is 0.146. The molecule has 1 saturated heterocycles. The summed E-state index contributed by atoms with van der Waals surface area (Å²) in [5.41, 5.74) is 1.74. The predicted octanol–water partition coefficient (Wildman–Crippen LogP) is 0.619. The van der Waals surface area contributed by atoms with Gasteiger partial charge in [0, 0.05) is 0 Å². The van der Waals surface area contributed by atoms with Crippen LogP contribution in [0.3, 0.4) is 0 Å². The lowest BCUT2D eigenvalue weighted by atomic mass is 10.1. The summed E-state index contributed by atoms with van der Waals surface area (Å²) in [6.45, 7) is 5.81. The molecular formula is C10H16N4O. The summed E-state index contributed by atoms with van der Waals surface area (Å²) in [6.07, 6.45) is 2.25. The monoisotopic (exact) mass is 208 g/mol. The van der Waals surface area contributed by atoms with Crippen LogP contribution in [-0.2, 0) is 0 Å². The van der Waals surface area contributed by atoms with Gasteiger partial charge in [0.05, 0.1) is 11.4 Å². The van der Waals surface area contributed by atoms with Crippen molar-refractivity contribution in [2.24, 2.45) is 0 Å². The van der Waals surface area contributed by atoms with E-state index in [1.54, 1.807) is 0 Å². The molecule has 5 heteroatoms. The average molecular weight is 208 g/mol. The van der Waals surface area contributed by atoms with Gasteiger partial charge in [-0.1, -0.05) is 5.10 Å². The van der Waals surface area contributed by atoms with Crippen molar-refractivity contribution in [1.29, 1.82) is 0 Å². The lowest BCUT2D eigenvalue weighted by Crippen LogP contribution is -2.34. The minimum atomic E-state index is 0.232. The van der Waals surface area contributed by atoms with E-state index >= 15 is 0 Å². The van der Waals surface area contributed by atoms with Crippen molar-refractivity contribution in [3.05, 3.63) is 11.4 Å². The maximum atomic E-state index is 5.67. The van der Waals surface area contributed by atoms with Crippen molar-refractivity contribution >= 4 is 0 Å². The molecule has 1 aliphatic heterocycles. The summed E-state index contributed by atoms with van der Waals surface area (Å²) >= 11 is 0. The van der Waals surface area contributed by atoms with Crippen molar-refractivity contribution in [2.45, 2.75) is 32.8 Å². The molecule has 0 saturated carbocycles. The molecule has 0 amide bonds. The molecule has 2 rings (SSSR count). The maximum absolute atomic E-state index is 5.67. The Balaban J connectivity index is 2.00. The van der Waals surface area contributed by atoms with Gasteiger partial charge in [-0.3, -0.25) is 0 Å². The second-order valence-corrected chi connectivity index (χ2v) is 3.83. The van der Waals surface area contributed by atoms with E-state index in [4.69, 9.17) is 4.74 Å². The van der Waals surface area contributed by atoms with Gasteiger partial charge in [-0.2, -0.15) is 4.98 Å². The van der Waals surface area contributed by atoms with E-state index in [1.165, 1.54) is 0 Å². The third kappa shape index (κ3) is 2.62. The minimum Gasteiger partial charge on any atom is -0.459 e. The maximum Gasteiger partial charge on any atom is 0.336 e. The average Bonchev–Trinajstić information content (AvgIpc) is 2.25. The highest BCUT2D eigenvalue weighted by atomic mass is 16.5. The van der Waals surface area contributed by atoms with Gasteiger partial charge in [0.25, 0.3) is 0 Å². The standard InChI is InChI=1S/C10H16N4O/c1-7-8(2)13-14-10(12-7)15-9-3-5-11-6-4-9/h9,11H,3-6H2,1-2H3. The normalized spacial score (nSPS) is 17.7. The van der Waals surface area contributed by atoms with E-state index in [2.05, 4.69) is 20.5 Å². The number of hydrogen-bond donors (Lipinski definition) is 1. The summed E-state index contributed by atoms with van der Waals surface area (Å²) in [6, 6.07) is 0.407. The van der Waals surface area contributed by atoms with Gasteiger partial charge < -0.3 is 10.1 Å². The van der Waals surface area contributed by atoms with Crippen molar-refractivity contribution in [2.75, 3.05) is 13.1 Å². The molecule has 0 radical (unpaired) electrons. The molecule has 0 atom stereocenters. The first-order valence-corrected chi connectivity index (χ1v) is 5.31. The Morgan fingerprint density at radius 3 is 2.53 bits per heavy atom. The first kappa shape index (κ1) is 10.3. The van der Waals surface area contributed by atoms with Crippen LogP contribution in [0.1, 0.15) is 24.2 Å². The van der Waals surface area contributed by atoms with Gasteiger partial charge in [-0.05, 0) is 39.8 Å².